The molecule has 6 nitrogen and oxygen atoms in total. The highest BCUT2D eigenvalue weighted by Crippen LogP contribution is 2.38. The molecule has 1 saturated carbocycles. The van der Waals surface area contributed by atoms with E-state index in [1.165, 1.54) is 5.56 Å². The van der Waals surface area contributed by atoms with Crippen molar-refractivity contribution in [3.05, 3.63) is 83.6 Å². The first kappa shape index (κ1) is 18.6. The van der Waals surface area contributed by atoms with Crippen LogP contribution in [0.4, 0.5) is 0 Å². The van der Waals surface area contributed by atoms with Gasteiger partial charge in [0.15, 0.2) is 5.82 Å². The number of aromatic nitrogens is 3. The summed E-state index contributed by atoms with van der Waals surface area (Å²) in [6.07, 6.45) is 5.66. The largest absolute Gasteiger partial charge is 0.342 e. The molecular weight excluding hydrogens is 376 g/mol. The quantitative estimate of drug-likeness (QED) is 0.532. The Labute approximate surface area is 174 Å². The zero-order chi connectivity index (χ0) is 20.6. The molecule has 6 heteroatoms. The summed E-state index contributed by atoms with van der Waals surface area (Å²) >= 11 is 0. The lowest BCUT2D eigenvalue weighted by molar-refractivity contribution is 0.0893. The zero-order valence-corrected chi connectivity index (χ0v) is 17.0. The van der Waals surface area contributed by atoms with Crippen LogP contribution in [0.3, 0.4) is 0 Å². The fraction of sp³-hybridized carbons (Fsp3) is 0.292. The molecule has 2 heterocycles. The van der Waals surface area contributed by atoms with Crippen LogP contribution in [-0.4, -0.2) is 20.6 Å². The Balaban J connectivity index is 1.50. The van der Waals surface area contributed by atoms with Crippen molar-refractivity contribution in [1.82, 2.24) is 20.0 Å². The Morgan fingerprint density at radius 2 is 1.83 bits per heavy atom. The molecule has 1 fully saturated rings. The van der Waals surface area contributed by atoms with Crippen LogP contribution in [0.15, 0.2) is 65.3 Å². The Bertz CT molecular complexity index is 1190. The summed E-state index contributed by atoms with van der Waals surface area (Å²) in [5, 5.41) is 8.35. The van der Waals surface area contributed by atoms with Crippen molar-refractivity contribution in [2.75, 3.05) is 0 Å². The number of hydrogen-bond donors (Lipinski definition) is 1. The molecule has 0 atom stereocenters. The van der Waals surface area contributed by atoms with Crippen LogP contribution >= 0.6 is 0 Å². The van der Waals surface area contributed by atoms with Crippen LogP contribution in [0, 0.1) is 6.92 Å². The van der Waals surface area contributed by atoms with Crippen molar-refractivity contribution in [3.8, 4) is 0 Å². The molecule has 0 unspecified atom stereocenters. The highest BCUT2D eigenvalue weighted by atomic mass is 16.5. The molecule has 0 radical (unpaired) electrons. The van der Waals surface area contributed by atoms with Gasteiger partial charge < -0.3 is 14.4 Å². The maximum absolute atomic E-state index is 13.5. The molecule has 2 aromatic carbocycles. The van der Waals surface area contributed by atoms with E-state index in [2.05, 4.69) is 38.2 Å². The fourth-order valence-corrected chi connectivity index (χ4v) is 4.50. The van der Waals surface area contributed by atoms with E-state index in [0.29, 0.717) is 23.8 Å². The van der Waals surface area contributed by atoms with Crippen LogP contribution in [0.1, 0.15) is 53.3 Å². The van der Waals surface area contributed by atoms with Gasteiger partial charge in [0.1, 0.15) is 5.54 Å². The van der Waals surface area contributed by atoms with Crippen molar-refractivity contribution < 1.29 is 9.32 Å². The summed E-state index contributed by atoms with van der Waals surface area (Å²) in [4.78, 5) is 17.9. The van der Waals surface area contributed by atoms with Gasteiger partial charge >= 0.3 is 0 Å². The summed E-state index contributed by atoms with van der Waals surface area (Å²) in [6, 6.07) is 18.3. The van der Waals surface area contributed by atoms with E-state index in [4.69, 9.17) is 4.52 Å². The normalized spacial score (nSPS) is 15.5. The number of carbonyl (C=O) groups is 1. The van der Waals surface area contributed by atoms with E-state index in [0.717, 1.165) is 36.6 Å². The predicted molar refractivity (Wildman–Crippen MR) is 114 cm³/mol. The second-order valence-electron chi connectivity index (χ2n) is 8.05. The number of rotatable bonds is 5. The second kappa shape index (κ2) is 7.44. The summed E-state index contributed by atoms with van der Waals surface area (Å²) in [6.45, 7) is 2.49. The van der Waals surface area contributed by atoms with E-state index in [1.807, 2.05) is 42.6 Å². The average Bonchev–Trinajstić information content (AvgIpc) is 3.49. The highest BCUT2D eigenvalue weighted by Gasteiger charge is 2.41. The molecule has 30 heavy (non-hydrogen) atoms. The fourth-order valence-electron chi connectivity index (χ4n) is 4.50. The first-order chi connectivity index (χ1) is 14.6. The van der Waals surface area contributed by atoms with E-state index in [-0.39, 0.29) is 5.91 Å². The first-order valence-electron chi connectivity index (χ1n) is 10.4. The van der Waals surface area contributed by atoms with Crippen LogP contribution in [0.2, 0.25) is 0 Å². The molecule has 2 aromatic heterocycles. The number of amides is 1. The molecule has 152 valence electrons. The number of nitrogens with zero attached hydrogens (tertiary/aromatic N) is 3. The number of aryl methyl sites for hydroxylation is 1. The number of para-hydroxylation sites is 1. The number of benzene rings is 2. The minimum atomic E-state index is -0.558. The van der Waals surface area contributed by atoms with Gasteiger partial charge in [-0.2, -0.15) is 4.98 Å². The lowest BCUT2D eigenvalue weighted by Crippen LogP contribution is -2.44. The van der Waals surface area contributed by atoms with Crippen LogP contribution in [0.25, 0.3) is 10.9 Å². The highest BCUT2D eigenvalue weighted by molar-refractivity contribution is 6.07. The molecular formula is C24H24N4O2. The molecule has 1 aliphatic carbocycles. The second-order valence-corrected chi connectivity index (χ2v) is 8.05. The smallest absolute Gasteiger partial charge is 0.254 e. The lowest BCUT2D eigenvalue weighted by atomic mass is 9.96. The predicted octanol–water partition coefficient (Wildman–Crippen LogP) is 4.58. The van der Waals surface area contributed by atoms with Crippen molar-refractivity contribution >= 4 is 16.8 Å². The maximum Gasteiger partial charge on any atom is 0.254 e. The monoisotopic (exact) mass is 400 g/mol. The third-order valence-corrected chi connectivity index (χ3v) is 5.99. The van der Waals surface area contributed by atoms with Crippen molar-refractivity contribution in [2.45, 2.75) is 44.7 Å². The third-order valence-electron chi connectivity index (χ3n) is 5.99. The first-order valence-corrected chi connectivity index (χ1v) is 10.4. The van der Waals surface area contributed by atoms with Crippen molar-refractivity contribution in [1.29, 1.82) is 0 Å². The SMILES string of the molecule is Cc1nc(C2(NC(=O)c3cn(Cc4ccccc4)c4ccccc34)CCCC2)no1. The minimum Gasteiger partial charge on any atom is -0.342 e. The molecule has 4 aromatic rings. The van der Waals surface area contributed by atoms with Gasteiger partial charge in [-0.05, 0) is 24.5 Å². The van der Waals surface area contributed by atoms with Crippen LogP contribution in [-0.2, 0) is 12.1 Å². The van der Waals surface area contributed by atoms with Crippen LogP contribution in [0.5, 0.6) is 0 Å². The Kier molecular flexibility index (Phi) is 4.62. The Morgan fingerprint density at radius 1 is 1.10 bits per heavy atom. The summed E-state index contributed by atoms with van der Waals surface area (Å²) in [5.74, 6) is 1.01. The van der Waals surface area contributed by atoms with Gasteiger partial charge in [0, 0.05) is 30.6 Å². The van der Waals surface area contributed by atoms with Gasteiger partial charge in [-0.15, -0.1) is 0 Å². The number of hydrogen-bond acceptors (Lipinski definition) is 4. The molecule has 0 spiro atoms. The standard InChI is InChI=1S/C24H24N4O2/c1-17-25-23(27-30-17)24(13-7-8-14-24)26-22(29)20-16-28(15-18-9-3-2-4-10-18)21-12-6-5-11-19(20)21/h2-6,9-12,16H,7-8,13-15H2,1H3,(H,26,29). The van der Waals surface area contributed by atoms with E-state index in [1.54, 1.807) is 6.92 Å². The zero-order valence-electron chi connectivity index (χ0n) is 17.0. The van der Waals surface area contributed by atoms with Crippen molar-refractivity contribution in [3.63, 3.8) is 0 Å². The van der Waals surface area contributed by atoms with Gasteiger partial charge in [-0.3, -0.25) is 4.79 Å². The van der Waals surface area contributed by atoms with Gasteiger partial charge in [-0.1, -0.05) is 66.5 Å². The molecule has 0 bridgehead atoms. The number of nitrogens with one attached hydrogen (secondary N) is 1. The van der Waals surface area contributed by atoms with E-state index >= 15 is 0 Å². The molecule has 1 N–H and O–H groups in total. The Morgan fingerprint density at radius 3 is 2.57 bits per heavy atom. The maximum atomic E-state index is 13.5. The van der Waals surface area contributed by atoms with Gasteiger partial charge in [0.2, 0.25) is 5.89 Å². The third kappa shape index (κ3) is 3.28. The molecule has 1 aliphatic rings. The van der Waals surface area contributed by atoms with Gasteiger partial charge in [0.05, 0.1) is 5.56 Å². The molecule has 0 saturated heterocycles. The topological polar surface area (TPSA) is 73.0 Å². The number of carbonyl (C=O) groups excluding carboxylic acids is 1. The van der Waals surface area contributed by atoms with E-state index < -0.39 is 5.54 Å². The number of fused-ring (bicyclic) bond motifs is 1. The Hall–Kier alpha value is -3.41. The molecule has 5 rings (SSSR count). The summed E-state index contributed by atoms with van der Waals surface area (Å²) < 4.78 is 7.35. The molecule has 0 aliphatic heterocycles. The van der Waals surface area contributed by atoms with Gasteiger partial charge in [0.25, 0.3) is 5.91 Å². The van der Waals surface area contributed by atoms with Crippen LogP contribution < -0.4 is 5.32 Å². The molecule has 1 amide bonds. The summed E-state index contributed by atoms with van der Waals surface area (Å²) in [7, 11) is 0. The minimum absolute atomic E-state index is 0.0950. The summed E-state index contributed by atoms with van der Waals surface area (Å²) in [5.41, 5.74) is 2.35. The van der Waals surface area contributed by atoms with E-state index in [9.17, 15) is 4.79 Å². The lowest BCUT2D eigenvalue weighted by Gasteiger charge is -2.26. The van der Waals surface area contributed by atoms with Gasteiger partial charge in [-0.25, -0.2) is 0 Å². The average molecular weight is 400 g/mol. The van der Waals surface area contributed by atoms with Crippen molar-refractivity contribution in [2.24, 2.45) is 0 Å².